The topological polar surface area (TPSA) is 88.8 Å². The molecule has 0 aliphatic rings. The Bertz CT molecular complexity index is 688. The summed E-state index contributed by atoms with van der Waals surface area (Å²) in [7, 11) is -2.22. The van der Waals surface area contributed by atoms with E-state index in [4.69, 9.17) is 14.3 Å². The lowest BCUT2D eigenvalue weighted by molar-refractivity contribution is 0.245. The fourth-order valence-corrected chi connectivity index (χ4v) is 3.00. The van der Waals surface area contributed by atoms with Gasteiger partial charge < -0.3 is 14.3 Å². The van der Waals surface area contributed by atoms with Gasteiger partial charge in [0, 0.05) is 11.8 Å². The Labute approximate surface area is 117 Å². The second-order valence-corrected chi connectivity index (χ2v) is 5.78. The van der Waals surface area contributed by atoms with Crippen LogP contribution in [0.15, 0.2) is 39.6 Å². The third-order valence-corrected chi connectivity index (χ3v) is 4.20. The van der Waals surface area contributed by atoms with E-state index < -0.39 is 10.0 Å². The molecule has 0 unspecified atom stereocenters. The van der Waals surface area contributed by atoms with Gasteiger partial charge in [0.15, 0.2) is 0 Å². The number of rotatable bonds is 5. The molecule has 1 aromatic heterocycles. The van der Waals surface area contributed by atoms with Crippen LogP contribution in [0.2, 0.25) is 0 Å². The number of nitrogens with one attached hydrogen (secondary N) is 1. The number of aryl methyl sites for hydroxylation is 1. The van der Waals surface area contributed by atoms with E-state index in [1.54, 1.807) is 24.3 Å². The predicted molar refractivity (Wildman–Crippen MR) is 73.2 cm³/mol. The molecule has 0 saturated carbocycles. The number of hydrogen-bond donors (Lipinski definition) is 2. The van der Waals surface area contributed by atoms with Crippen LogP contribution in [-0.4, -0.2) is 20.6 Å². The van der Waals surface area contributed by atoms with Crippen molar-refractivity contribution in [2.24, 2.45) is 0 Å². The fourth-order valence-electron chi connectivity index (χ4n) is 1.74. The Kier molecular flexibility index (Phi) is 4.01. The first-order valence-corrected chi connectivity index (χ1v) is 7.31. The van der Waals surface area contributed by atoms with Crippen molar-refractivity contribution in [2.45, 2.75) is 18.4 Å². The number of aliphatic hydroxyl groups is 1. The van der Waals surface area contributed by atoms with Crippen LogP contribution in [0.25, 0.3) is 0 Å². The highest BCUT2D eigenvalue weighted by Gasteiger charge is 2.21. The standard InChI is InChI=1S/C13H15NO5S/c1-9-13(7-12(8-15)19-9)20(16,17)14-10-3-5-11(18-2)6-4-10/h3-7,14-15H,8H2,1-2H3. The predicted octanol–water partition coefficient (Wildman–Crippen LogP) is 1.89. The van der Waals surface area contributed by atoms with E-state index >= 15 is 0 Å². The van der Waals surface area contributed by atoms with Crippen molar-refractivity contribution >= 4 is 15.7 Å². The average molecular weight is 297 g/mol. The Morgan fingerprint density at radius 3 is 2.45 bits per heavy atom. The molecule has 0 amide bonds. The number of methoxy groups -OCH3 is 1. The molecule has 1 heterocycles. The monoisotopic (exact) mass is 297 g/mol. The maximum absolute atomic E-state index is 12.2. The number of aliphatic hydroxyl groups excluding tert-OH is 1. The van der Waals surface area contributed by atoms with Crippen LogP contribution < -0.4 is 9.46 Å². The number of hydrogen-bond acceptors (Lipinski definition) is 5. The number of sulfonamides is 1. The summed E-state index contributed by atoms with van der Waals surface area (Å²) in [6, 6.07) is 7.80. The van der Waals surface area contributed by atoms with E-state index in [0.29, 0.717) is 11.4 Å². The first kappa shape index (κ1) is 14.4. The third-order valence-electron chi connectivity index (χ3n) is 2.71. The van der Waals surface area contributed by atoms with E-state index in [1.165, 1.54) is 20.1 Å². The number of ether oxygens (including phenoxy) is 1. The molecular weight excluding hydrogens is 282 g/mol. The van der Waals surface area contributed by atoms with Crippen LogP contribution in [0.3, 0.4) is 0 Å². The number of furan rings is 1. The van der Waals surface area contributed by atoms with Gasteiger partial charge in [0.05, 0.1) is 7.11 Å². The van der Waals surface area contributed by atoms with Gasteiger partial charge in [-0.15, -0.1) is 0 Å². The molecule has 108 valence electrons. The molecule has 7 heteroatoms. The molecule has 1 aromatic carbocycles. The van der Waals surface area contributed by atoms with Crippen LogP contribution >= 0.6 is 0 Å². The van der Waals surface area contributed by atoms with Crippen molar-refractivity contribution in [2.75, 3.05) is 11.8 Å². The molecule has 0 bridgehead atoms. The minimum Gasteiger partial charge on any atom is -0.497 e. The summed E-state index contributed by atoms with van der Waals surface area (Å²) in [5, 5.41) is 8.97. The van der Waals surface area contributed by atoms with Gasteiger partial charge in [-0.05, 0) is 31.2 Å². The normalized spacial score (nSPS) is 11.3. The van der Waals surface area contributed by atoms with Crippen molar-refractivity contribution in [3.8, 4) is 5.75 Å². The van der Waals surface area contributed by atoms with Gasteiger partial charge in [0.25, 0.3) is 10.0 Å². The van der Waals surface area contributed by atoms with Crippen LogP contribution in [0.5, 0.6) is 5.75 Å². The highest BCUT2D eigenvalue weighted by Crippen LogP contribution is 2.23. The number of benzene rings is 1. The summed E-state index contributed by atoms with van der Waals surface area (Å²) in [6.45, 7) is 1.18. The van der Waals surface area contributed by atoms with E-state index in [2.05, 4.69) is 4.72 Å². The highest BCUT2D eigenvalue weighted by atomic mass is 32.2. The van der Waals surface area contributed by atoms with Crippen molar-refractivity contribution in [1.82, 2.24) is 0 Å². The summed E-state index contributed by atoms with van der Waals surface area (Å²) >= 11 is 0. The Morgan fingerprint density at radius 2 is 1.95 bits per heavy atom. The SMILES string of the molecule is COc1ccc(NS(=O)(=O)c2cc(CO)oc2C)cc1. The summed E-state index contributed by atoms with van der Waals surface area (Å²) in [6.07, 6.45) is 0. The number of anilines is 1. The van der Waals surface area contributed by atoms with Gasteiger partial charge in [-0.3, -0.25) is 4.72 Å². The fraction of sp³-hybridized carbons (Fsp3) is 0.231. The van der Waals surface area contributed by atoms with Gasteiger partial charge in [-0.2, -0.15) is 0 Å². The van der Waals surface area contributed by atoms with Crippen molar-refractivity contribution in [1.29, 1.82) is 0 Å². The minimum atomic E-state index is -3.75. The molecule has 0 atom stereocenters. The Balaban J connectivity index is 2.27. The van der Waals surface area contributed by atoms with Crippen molar-refractivity contribution in [3.05, 3.63) is 41.9 Å². The van der Waals surface area contributed by atoms with E-state index in [1.807, 2.05) is 0 Å². The molecule has 2 aromatic rings. The van der Waals surface area contributed by atoms with Gasteiger partial charge in [0.1, 0.15) is 28.8 Å². The quantitative estimate of drug-likeness (QED) is 0.879. The summed E-state index contributed by atoms with van der Waals surface area (Å²) in [5.41, 5.74) is 0.414. The maximum atomic E-state index is 12.2. The summed E-state index contributed by atoms with van der Waals surface area (Å²) in [4.78, 5) is 0.0115. The zero-order chi connectivity index (χ0) is 14.8. The molecule has 0 aliphatic heterocycles. The lowest BCUT2D eigenvalue weighted by Crippen LogP contribution is -2.13. The van der Waals surface area contributed by atoms with E-state index in [9.17, 15) is 8.42 Å². The highest BCUT2D eigenvalue weighted by molar-refractivity contribution is 7.92. The Hall–Kier alpha value is -1.99. The zero-order valence-electron chi connectivity index (χ0n) is 11.1. The molecule has 0 radical (unpaired) electrons. The molecule has 2 N–H and O–H groups in total. The maximum Gasteiger partial charge on any atom is 0.265 e. The largest absolute Gasteiger partial charge is 0.497 e. The van der Waals surface area contributed by atoms with Gasteiger partial charge in [0.2, 0.25) is 0 Å². The molecule has 6 nitrogen and oxygen atoms in total. The first-order valence-electron chi connectivity index (χ1n) is 5.83. The van der Waals surface area contributed by atoms with Crippen molar-refractivity contribution < 1.29 is 22.7 Å². The lowest BCUT2D eigenvalue weighted by atomic mass is 10.3. The van der Waals surface area contributed by atoms with E-state index in [0.717, 1.165) is 0 Å². The smallest absolute Gasteiger partial charge is 0.265 e. The summed E-state index contributed by atoms with van der Waals surface area (Å²) < 4.78 is 37.0. The second kappa shape index (κ2) is 5.56. The molecule has 0 aliphatic carbocycles. The van der Waals surface area contributed by atoms with Gasteiger partial charge >= 0.3 is 0 Å². The van der Waals surface area contributed by atoms with Gasteiger partial charge in [-0.1, -0.05) is 0 Å². The minimum absolute atomic E-state index is 0.0115. The van der Waals surface area contributed by atoms with Crippen LogP contribution in [0, 0.1) is 6.92 Å². The van der Waals surface area contributed by atoms with Crippen LogP contribution in [-0.2, 0) is 16.6 Å². The second-order valence-electron chi connectivity index (χ2n) is 4.13. The third kappa shape index (κ3) is 2.94. The molecular formula is C13H15NO5S. The van der Waals surface area contributed by atoms with E-state index in [-0.39, 0.29) is 23.0 Å². The molecule has 20 heavy (non-hydrogen) atoms. The average Bonchev–Trinajstić information content (AvgIpc) is 2.81. The van der Waals surface area contributed by atoms with Crippen molar-refractivity contribution in [3.63, 3.8) is 0 Å². The zero-order valence-corrected chi connectivity index (χ0v) is 11.9. The molecule has 0 fully saturated rings. The molecule has 2 rings (SSSR count). The summed E-state index contributed by atoms with van der Waals surface area (Å²) in [5.74, 6) is 1.07. The molecule has 0 spiro atoms. The Morgan fingerprint density at radius 1 is 1.30 bits per heavy atom. The first-order chi connectivity index (χ1) is 9.46. The molecule has 0 saturated heterocycles. The van der Waals surface area contributed by atoms with Gasteiger partial charge in [-0.25, -0.2) is 8.42 Å². The van der Waals surface area contributed by atoms with Crippen LogP contribution in [0.4, 0.5) is 5.69 Å². The lowest BCUT2D eigenvalue weighted by Gasteiger charge is -2.07. The van der Waals surface area contributed by atoms with Crippen LogP contribution in [0.1, 0.15) is 11.5 Å².